The van der Waals surface area contributed by atoms with E-state index >= 15 is 0 Å². The summed E-state index contributed by atoms with van der Waals surface area (Å²) in [6.07, 6.45) is 4.04. The number of para-hydroxylation sites is 1. The second-order valence-corrected chi connectivity index (χ2v) is 3.66. The molecule has 2 nitrogen and oxygen atoms in total. The Hall–Kier alpha value is -1.18. The summed E-state index contributed by atoms with van der Waals surface area (Å²) in [6, 6.07) is 5.93. The third-order valence-electron chi connectivity index (χ3n) is 2.63. The summed E-state index contributed by atoms with van der Waals surface area (Å²) in [6.45, 7) is 2.00. The van der Waals surface area contributed by atoms with Gasteiger partial charge in [-0.15, -0.1) is 0 Å². The predicted molar refractivity (Wildman–Crippen MR) is 53.9 cm³/mol. The summed E-state index contributed by atoms with van der Waals surface area (Å²) in [5.41, 5.74) is 7.77. The monoisotopic (exact) mass is 177 g/mol. The van der Waals surface area contributed by atoms with Crippen LogP contribution in [-0.2, 0) is 0 Å². The third kappa shape index (κ3) is 1.62. The van der Waals surface area contributed by atoms with Crippen LogP contribution in [0.25, 0.3) is 0 Å². The van der Waals surface area contributed by atoms with E-state index < -0.39 is 0 Å². The van der Waals surface area contributed by atoms with Gasteiger partial charge in [0.05, 0.1) is 11.8 Å². The molecular formula is C11H15NO. The van der Waals surface area contributed by atoms with Crippen molar-refractivity contribution in [1.82, 2.24) is 0 Å². The molecule has 0 amide bonds. The summed E-state index contributed by atoms with van der Waals surface area (Å²) >= 11 is 0. The number of nitrogen functional groups attached to an aromatic ring is 1. The molecule has 0 bridgehead atoms. The van der Waals surface area contributed by atoms with Crippen LogP contribution in [0.3, 0.4) is 0 Å². The highest BCUT2D eigenvalue weighted by molar-refractivity contribution is 5.57. The lowest BCUT2D eigenvalue weighted by molar-refractivity contribution is 0.121. The van der Waals surface area contributed by atoms with Gasteiger partial charge < -0.3 is 10.5 Å². The zero-order valence-corrected chi connectivity index (χ0v) is 7.92. The van der Waals surface area contributed by atoms with E-state index in [1.165, 1.54) is 19.3 Å². The van der Waals surface area contributed by atoms with Gasteiger partial charge in [0.15, 0.2) is 0 Å². The molecule has 1 aliphatic carbocycles. The minimum atomic E-state index is 0.407. The van der Waals surface area contributed by atoms with Crippen LogP contribution >= 0.6 is 0 Å². The summed E-state index contributed by atoms with van der Waals surface area (Å²) in [5, 5.41) is 0. The predicted octanol–water partition coefficient (Wildman–Crippen LogP) is 2.51. The Morgan fingerprint density at radius 2 is 2.15 bits per heavy atom. The zero-order valence-electron chi connectivity index (χ0n) is 7.92. The summed E-state index contributed by atoms with van der Waals surface area (Å²) in [7, 11) is 0. The number of nitrogens with two attached hydrogens (primary N) is 1. The van der Waals surface area contributed by atoms with Gasteiger partial charge in [-0.25, -0.2) is 0 Å². The maximum Gasteiger partial charge on any atom is 0.142 e. The molecule has 0 aliphatic heterocycles. The van der Waals surface area contributed by atoms with E-state index in [1.54, 1.807) is 0 Å². The third-order valence-corrected chi connectivity index (χ3v) is 2.63. The number of anilines is 1. The van der Waals surface area contributed by atoms with Crippen LogP contribution in [0, 0.1) is 6.92 Å². The standard InChI is InChI=1S/C11H15NO/c1-8-4-2-7-10(11(8)12)13-9-5-3-6-9/h2,4,7,9H,3,5-6,12H2,1H3. The van der Waals surface area contributed by atoms with Gasteiger partial charge in [0.25, 0.3) is 0 Å². The van der Waals surface area contributed by atoms with E-state index in [0.29, 0.717) is 6.10 Å². The molecule has 2 heteroatoms. The Bertz CT molecular complexity index is 305. The molecule has 70 valence electrons. The average Bonchev–Trinajstić information content (AvgIpc) is 2.04. The lowest BCUT2D eigenvalue weighted by Gasteiger charge is -2.27. The lowest BCUT2D eigenvalue weighted by atomic mass is 9.96. The fourth-order valence-corrected chi connectivity index (χ4v) is 1.42. The molecule has 0 saturated heterocycles. The second kappa shape index (κ2) is 3.29. The number of aryl methyl sites for hydroxylation is 1. The molecule has 0 aromatic heterocycles. The van der Waals surface area contributed by atoms with Crippen molar-refractivity contribution in [2.24, 2.45) is 0 Å². The van der Waals surface area contributed by atoms with E-state index in [-0.39, 0.29) is 0 Å². The summed E-state index contributed by atoms with van der Waals surface area (Å²) in [5.74, 6) is 0.852. The maximum atomic E-state index is 5.88. The molecule has 1 aliphatic rings. The van der Waals surface area contributed by atoms with Gasteiger partial charge in [-0.2, -0.15) is 0 Å². The number of hydrogen-bond donors (Lipinski definition) is 1. The van der Waals surface area contributed by atoms with Crippen LogP contribution in [0.15, 0.2) is 18.2 Å². The minimum absolute atomic E-state index is 0.407. The first-order chi connectivity index (χ1) is 6.27. The zero-order chi connectivity index (χ0) is 9.26. The van der Waals surface area contributed by atoms with Gasteiger partial charge >= 0.3 is 0 Å². The number of rotatable bonds is 2. The Kier molecular flexibility index (Phi) is 2.13. The highest BCUT2D eigenvalue weighted by Gasteiger charge is 2.19. The summed E-state index contributed by atoms with van der Waals surface area (Å²) in [4.78, 5) is 0. The average molecular weight is 177 g/mol. The van der Waals surface area contributed by atoms with E-state index in [1.807, 2.05) is 25.1 Å². The van der Waals surface area contributed by atoms with E-state index in [9.17, 15) is 0 Å². The molecule has 13 heavy (non-hydrogen) atoms. The van der Waals surface area contributed by atoms with Crippen molar-refractivity contribution in [3.05, 3.63) is 23.8 Å². The van der Waals surface area contributed by atoms with Crippen LogP contribution in [0.2, 0.25) is 0 Å². The first-order valence-corrected chi connectivity index (χ1v) is 4.79. The van der Waals surface area contributed by atoms with E-state index in [0.717, 1.165) is 17.0 Å². The van der Waals surface area contributed by atoms with E-state index in [2.05, 4.69) is 0 Å². The normalized spacial score (nSPS) is 16.7. The van der Waals surface area contributed by atoms with Crippen molar-refractivity contribution in [2.75, 3.05) is 5.73 Å². The first kappa shape index (κ1) is 8.42. The van der Waals surface area contributed by atoms with Crippen molar-refractivity contribution < 1.29 is 4.74 Å². The quantitative estimate of drug-likeness (QED) is 0.704. The summed E-state index contributed by atoms with van der Waals surface area (Å²) < 4.78 is 5.74. The molecule has 1 saturated carbocycles. The second-order valence-electron chi connectivity index (χ2n) is 3.66. The van der Waals surface area contributed by atoms with Crippen molar-refractivity contribution in [2.45, 2.75) is 32.3 Å². The maximum absolute atomic E-state index is 5.88. The molecule has 0 heterocycles. The fourth-order valence-electron chi connectivity index (χ4n) is 1.42. The van der Waals surface area contributed by atoms with Crippen LogP contribution in [0.5, 0.6) is 5.75 Å². The molecule has 2 N–H and O–H groups in total. The van der Waals surface area contributed by atoms with Crippen LogP contribution in [0.4, 0.5) is 5.69 Å². The molecular weight excluding hydrogens is 162 g/mol. The lowest BCUT2D eigenvalue weighted by Crippen LogP contribution is -2.25. The molecule has 0 unspecified atom stereocenters. The number of hydrogen-bond acceptors (Lipinski definition) is 2. The molecule has 2 rings (SSSR count). The van der Waals surface area contributed by atoms with Crippen molar-refractivity contribution in [3.63, 3.8) is 0 Å². The molecule has 0 spiro atoms. The highest BCUT2D eigenvalue weighted by Crippen LogP contribution is 2.30. The smallest absolute Gasteiger partial charge is 0.142 e. The number of benzene rings is 1. The largest absolute Gasteiger partial charge is 0.488 e. The SMILES string of the molecule is Cc1cccc(OC2CCC2)c1N. The molecule has 0 radical (unpaired) electrons. The Morgan fingerprint density at radius 1 is 1.38 bits per heavy atom. The van der Waals surface area contributed by atoms with Gasteiger partial charge in [0.2, 0.25) is 0 Å². The minimum Gasteiger partial charge on any atom is -0.488 e. The van der Waals surface area contributed by atoms with Gasteiger partial charge in [-0.3, -0.25) is 0 Å². The highest BCUT2D eigenvalue weighted by atomic mass is 16.5. The molecule has 1 aromatic carbocycles. The molecule has 1 aromatic rings. The van der Waals surface area contributed by atoms with Crippen LogP contribution < -0.4 is 10.5 Å². The molecule has 0 atom stereocenters. The Labute approximate surface area is 78.7 Å². The topological polar surface area (TPSA) is 35.2 Å². The van der Waals surface area contributed by atoms with Gasteiger partial charge in [0, 0.05) is 0 Å². The van der Waals surface area contributed by atoms with Crippen molar-refractivity contribution >= 4 is 5.69 Å². The van der Waals surface area contributed by atoms with Crippen molar-refractivity contribution in [1.29, 1.82) is 0 Å². The van der Waals surface area contributed by atoms with E-state index in [4.69, 9.17) is 10.5 Å². The van der Waals surface area contributed by atoms with Gasteiger partial charge in [-0.05, 0) is 37.8 Å². The Morgan fingerprint density at radius 3 is 2.77 bits per heavy atom. The molecule has 1 fully saturated rings. The Balaban J connectivity index is 2.14. The van der Waals surface area contributed by atoms with Gasteiger partial charge in [-0.1, -0.05) is 12.1 Å². The van der Waals surface area contributed by atoms with Crippen LogP contribution in [-0.4, -0.2) is 6.10 Å². The fraction of sp³-hybridized carbons (Fsp3) is 0.455. The first-order valence-electron chi connectivity index (χ1n) is 4.79. The van der Waals surface area contributed by atoms with Crippen LogP contribution in [0.1, 0.15) is 24.8 Å². The van der Waals surface area contributed by atoms with Crippen molar-refractivity contribution in [3.8, 4) is 5.75 Å². The van der Waals surface area contributed by atoms with Gasteiger partial charge in [0.1, 0.15) is 5.75 Å². The number of ether oxygens (including phenoxy) is 1.